The molecule has 3 aromatic carbocycles. The van der Waals surface area contributed by atoms with E-state index in [1.807, 2.05) is 31.2 Å². The molecule has 0 atom stereocenters. The molecule has 2 aromatic heterocycles. The van der Waals surface area contributed by atoms with Crippen LogP contribution in [0, 0.1) is 13.8 Å². The molecule has 2 N–H and O–H groups in total. The number of carbonyl (C=O) groups excluding carboxylic acids is 1. The molecule has 10 nitrogen and oxygen atoms in total. The van der Waals surface area contributed by atoms with Crippen LogP contribution in [0.5, 0.6) is 17.2 Å². The summed E-state index contributed by atoms with van der Waals surface area (Å²) in [6.45, 7) is 6.67. The number of aromatic nitrogens is 1. The highest BCUT2D eigenvalue weighted by Crippen LogP contribution is 2.34. The van der Waals surface area contributed by atoms with Gasteiger partial charge >= 0.3 is 11.9 Å². The van der Waals surface area contributed by atoms with Gasteiger partial charge in [0.25, 0.3) is 0 Å². The van der Waals surface area contributed by atoms with Crippen molar-refractivity contribution in [2.45, 2.75) is 34.0 Å². The fraction of sp³-hybridized carbons (Fsp3) is 0.171. The van der Waals surface area contributed by atoms with E-state index in [4.69, 9.17) is 18.6 Å². The zero-order valence-electron chi connectivity index (χ0n) is 25.5. The lowest BCUT2D eigenvalue weighted by Gasteiger charge is -2.14. The van der Waals surface area contributed by atoms with E-state index >= 15 is 0 Å². The zero-order chi connectivity index (χ0) is 32.6. The van der Waals surface area contributed by atoms with Crippen LogP contribution in [0.25, 0.3) is 5.69 Å². The summed E-state index contributed by atoms with van der Waals surface area (Å²) < 4.78 is 26.0. The monoisotopic (exact) mass is 685 g/mol. The van der Waals surface area contributed by atoms with Crippen molar-refractivity contribution in [3.8, 4) is 22.9 Å². The topological polar surface area (TPSA) is 125 Å². The summed E-state index contributed by atoms with van der Waals surface area (Å²) in [5.41, 5.74) is 7.34. The summed E-state index contributed by atoms with van der Waals surface area (Å²) in [4.78, 5) is 23.9. The van der Waals surface area contributed by atoms with Crippen molar-refractivity contribution in [1.82, 2.24) is 9.99 Å². The molecule has 5 rings (SSSR count). The van der Waals surface area contributed by atoms with Crippen molar-refractivity contribution in [3.63, 3.8) is 0 Å². The smallest absolute Gasteiger partial charge is 0.335 e. The predicted molar refractivity (Wildman–Crippen MR) is 176 cm³/mol. The van der Waals surface area contributed by atoms with E-state index in [-0.39, 0.29) is 24.5 Å². The first-order chi connectivity index (χ1) is 22.2. The summed E-state index contributed by atoms with van der Waals surface area (Å²) in [6, 6.07) is 25.2. The van der Waals surface area contributed by atoms with E-state index in [0.29, 0.717) is 45.2 Å². The Bertz CT molecular complexity index is 1860. The van der Waals surface area contributed by atoms with Crippen LogP contribution < -0.4 is 19.6 Å². The van der Waals surface area contributed by atoms with Crippen LogP contribution in [0.15, 0.2) is 98.9 Å². The maximum Gasteiger partial charge on any atom is 0.335 e. The Hall–Kier alpha value is -5.29. The number of aromatic carboxylic acids is 1. The zero-order valence-corrected chi connectivity index (χ0v) is 27.0. The molecule has 0 unspecified atom stereocenters. The van der Waals surface area contributed by atoms with E-state index in [9.17, 15) is 14.7 Å². The lowest BCUT2D eigenvalue weighted by molar-refractivity contribution is 0.0696. The maximum atomic E-state index is 12.7. The van der Waals surface area contributed by atoms with Gasteiger partial charge < -0.3 is 28.3 Å². The first-order valence-electron chi connectivity index (χ1n) is 14.4. The molecule has 0 aliphatic carbocycles. The number of halogens is 1. The molecular weight excluding hydrogens is 654 g/mol. The van der Waals surface area contributed by atoms with Crippen LogP contribution in [0.1, 0.15) is 56.1 Å². The van der Waals surface area contributed by atoms with Crippen LogP contribution in [0.2, 0.25) is 0 Å². The van der Waals surface area contributed by atoms with Gasteiger partial charge in [-0.15, -0.1) is 0 Å². The number of carbonyl (C=O) groups is 2. The molecular formula is C35H32BrN3O7. The van der Waals surface area contributed by atoms with Crippen LogP contribution >= 0.6 is 15.9 Å². The number of aryl methyl sites for hydroxylation is 2. The first-order valence-corrected chi connectivity index (χ1v) is 15.2. The first kappa shape index (κ1) is 32.1. The van der Waals surface area contributed by atoms with Crippen molar-refractivity contribution < 1.29 is 33.3 Å². The van der Waals surface area contributed by atoms with Crippen LogP contribution in [-0.2, 0) is 13.2 Å². The van der Waals surface area contributed by atoms with Gasteiger partial charge in [0.2, 0.25) is 0 Å². The van der Waals surface area contributed by atoms with Gasteiger partial charge in [0.1, 0.15) is 24.7 Å². The Kier molecular flexibility index (Phi) is 10.2. The van der Waals surface area contributed by atoms with Gasteiger partial charge in [0, 0.05) is 27.1 Å². The number of carboxylic acids is 1. The normalized spacial score (nSPS) is 11.0. The highest BCUT2D eigenvalue weighted by molar-refractivity contribution is 9.10. The molecule has 46 heavy (non-hydrogen) atoms. The van der Waals surface area contributed by atoms with E-state index in [1.54, 1.807) is 42.5 Å². The molecule has 5 aromatic rings. The van der Waals surface area contributed by atoms with Gasteiger partial charge in [-0.05, 0) is 115 Å². The number of carboxylic acid groups (broad SMARTS) is 1. The number of hydrazone groups is 1. The number of hydrogen-bond donors (Lipinski definition) is 2. The third-order valence-corrected chi connectivity index (χ3v) is 7.62. The Morgan fingerprint density at radius 2 is 1.65 bits per heavy atom. The van der Waals surface area contributed by atoms with Gasteiger partial charge in [-0.25, -0.2) is 10.2 Å². The average molecular weight is 687 g/mol. The second-order valence-corrected chi connectivity index (χ2v) is 11.1. The molecule has 0 bridgehead atoms. The molecule has 1 amide bonds. The minimum Gasteiger partial charge on any atom is -0.490 e. The Morgan fingerprint density at radius 1 is 0.913 bits per heavy atom. The number of benzene rings is 3. The largest absolute Gasteiger partial charge is 0.490 e. The second-order valence-electron chi connectivity index (χ2n) is 10.2. The highest BCUT2D eigenvalue weighted by Gasteiger charge is 2.14. The summed E-state index contributed by atoms with van der Waals surface area (Å²) in [5.74, 6) is 0.663. The number of nitrogens with one attached hydrogen (secondary N) is 1. The lowest BCUT2D eigenvalue weighted by Crippen LogP contribution is -2.16. The minimum atomic E-state index is -1.01. The van der Waals surface area contributed by atoms with E-state index in [1.165, 1.54) is 12.3 Å². The number of ether oxygens (including phenoxy) is 3. The van der Waals surface area contributed by atoms with Crippen molar-refractivity contribution in [1.29, 1.82) is 0 Å². The molecule has 0 saturated heterocycles. The number of furan rings is 1. The third-order valence-electron chi connectivity index (χ3n) is 6.93. The van der Waals surface area contributed by atoms with E-state index in [0.717, 1.165) is 17.1 Å². The third kappa shape index (κ3) is 7.86. The van der Waals surface area contributed by atoms with Crippen LogP contribution in [0.4, 0.5) is 0 Å². The average Bonchev–Trinajstić information content (AvgIpc) is 3.67. The fourth-order valence-corrected chi connectivity index (χ4v) is 5.13. The van der Waals surface area contributed by atoms with Gasteiger partial charge in [0.15, 0.2) is 17.3 Å². The van der Waals surface area contributed by atoms with Gasteiger partial charge in [-0.3, -0.25) is 4.79 Å². The van der Waals surface area contributed by atoms with Crippen molar-refractivity contribution in [2.75, 3.05) is 6.61 Å². The Morgan fingerprint density at radius 3 is 2.37 bits per heavy atom. The maximum absolute atomic E-state index is 12.7. The van der Waals surface area contributed by atoms with Crippen molar-refractivity contribution in [2.24, 2.45) is 5.10 Å². The number of nitrogens with zero attached hydrogens (tertiary/aromatic N) is 2. The quantitative estimate of drug-likeness (QED) is 0.0973. The molecule has 0 spiro atoms. The van der Waals surface area contributed by atoms with Crippen LogP contribution in [-0.4, -0.2) is 34.4 Å². The van der Waals surface area contributed by atoms with Crippen molar-refractivity contribution in [3.05, 3.63) is 129 Å². The van der Waals surface area contributed by atoms with Gasteiger partial charge in [-0.2, -0.15) is 5.10 Å². The summed E-state index contributed by atoms with van der Waals surface area (Å²) in [6.07, 6.45) is 1.47. The second kappa shape index (κ2) is 14.7. The molecule has 0 radical (unpaired) electrons. The number of amides is 1. The number of rotatable bonds is 13. The molecule has 2 heterocycles. The summed E-state index contributed by atoms with van der Waals surface area (Å²) in [7, 11) is 0. The van der Waals surface area contributed by atoms with Gasteiger partial charge in [-0.1, -0.05) is 12.1 Å². The van der Waals surface area contributed by atoms with E-state index < -0.39 is 11.9 Å². The molecule has 0 aliphatic heterocycles. The molecule has 236 valence electrons. The predicted octanol–water partition coefficient (Wildman–Crippen LogP) is 7.47. The van der Waals surface area contributed by atoms with Gasteiger partial charge in [0.05, 0.1) is 18.4 Å². The highest BCUT2D eigenvalue weighted by atomic mass is 79.9. The van der Waals surface area contributed by atoms with Crippen LogP contribution in [0.3, 0.4) is 0 Å². The fourth-order valence-electron chi connectivity index (χ4n) is 4.70. The lowest BCUT2D eigenvalue weighted by atomic mass is 10.1. The Balaban J connectivity index is 1.16. The summed E-state index contributed by atoms with van der Waals surface area (Å²) >= 11 is 3.51. The molecule has 11 heteroatoms. The molecule has 0 saturated carbocycles. The minimum absolute atomic E-state index is 0.0921. The SMILES string of the molecule is CCOc1cc(/C=N/NC(=O)c2ccc(COc3ccc(-n4c(C)ccc4C)cc3)o2)c(Br)cc1OCc1cccc(C(=O)O)c1. The molecule has 0 fully saturated rings. The van der Waals surface area contributed by atoms with Crippen molar-refractivity contribution >= 4 is 34.0 Å². The Labute approximate surface area is 274 Å². The van der Waals surface area contributed by atoms with E-state index in [2.05, 4.69) is 57.0 Å². The molecule has 0 aliphatic rings. The summed E-state index contributed by atoms with van der Waals surface area (Å²) in [5, 5.41) is 13.3. The number of hydrogen-bond acceptors (Lipinski definition) is 7. The standard InChI is InChI=1S/C35H32BrN3O7/c1-4-43-32-17-26(30(36)18-33(32)45-20-24-6-5-7-25(16-24)35(41)42)19-37-38-34(40)31-15-14-29(46-31)21-44-28-12-10-27(11-13-28)39-22(2)8-9-23(39)3/h5-19H,4,20-21H2,1-3H3,(H,38,40)(H,41,42)/b37-19+.